The van der Waals surface area contributed by atoms with Crippen LogP contribution in [0.15, 0.2) is 30.3 Å². The number of amides is 2. The molecule has 0 spiro atoms. The molecule has 0 bridgehead atoms. The maximum Gasteiger partial charge on any atom is 0.317 e. The van der Waals surface area contributed by atoms with E-state index in [-0.39, 0.29) is 18.1 Å². The summed E-state index contributed by atoms with van der Waals surface area (Å²) in [7, 11) is 4.21. The second-order valence-corrected chi connectivity index (χ2v) is 6.37. The number of nitrogens with zero attached hydrogens (tertiary/aromatic N) is 2. The van der Waals surface area contributed by atoms with E-state index in [9.17, 15) is 4.79 Å². The van der Waals surface area contributed by atoms with Crippen molar-refractivity contribution < 1.29 is 4.79 Å². The number of urea groups is 1. The summed E-state index contributed by atoms with van der Waals surface area (Å²) in [5.41, 5.74) is 1.29. The highest BCUT2D eigenvalue weighted by Crippen LogP contribution is 2.25. The number of rotatable bonds is 4. The van der Waals surface area contributed by atoms with Gasteiger partial charge in [0.25, 0.3) is 0 Å². The fourth-order valence-electron chi connectivity index (χ4n) is 3.12. The van der Waals surface area contributed by atoms with Gasteiger partial charge >= 0.3 is 6.03 Å². The first-order valence-corrected chi connectivity index (χ1v) is 7.76. The van der Waals surface area contributed by atoms with Crippen LogP contribution in [0.2, 0.25) is 0 Å². The molecule has 2 amide bonds. The van der Waals surface area contributed by atoms with Crippen molar-refractivity contribution in [3.63, 3.8) is 0 Å². The van der Waals surface area contributed by atoms with Gasteiger partial charge in [0, 0.05) is 18.6 Å². The molecule has 1 aliphatic rings. The standard InChI is InChI=1S/C17H27N3O/c1-13(2)18-17(21)20-11-10-15(19(3)4)16(20)12-14-8-6-5-7-9-14/h5-9,13,15-16H,10-12H2,1-4H3,(H,18,21)/t15-,16+/m1/s1. The van der Waals surface area contributed by atoms with E-state index in [1.54, 1.807) is 0 Å². The summed E-state index contributed by atoms with van der Waals surface area (Å²) in [5, 5.41) is 3.03. The predicted molar refractivity (Wildman–Crippen MR) is 86.4 cm³/mol. The number of carbonyl (C=O) groups is 1. The molecule has 0 unspecified atom stereocenters. The van der Waals surface area contributed by atoms with Crippen molar-refractivity contribution in [2.75, 3.05) is 20.6 Å². The summed E-state index contributed by atoms with van der Waals surface area (Å²) in [6.45, 7) is 4.84. The average molecular weight is 289 g/mol. The molecule has 116 valence electrons. The smallest absolute Gasteiger partial charge is 0.317 e. The average Bonchev–Trinajstić information content (AvgIpc) is 2.83. The molecular weight excluding hydrogens is 262 g/mol. The van der Waals surface area contributed by atoms with Gasteiger partial charge in [0.2, 0.25) is 0 Å². The number of nitrogens with one attached hydrogen (secondary N) is 1. The molecule has 21 heavy (non-hydrogen) atoms. The van der Waals surface area contributed by atoms with E-state index < -0.39 is 0 Å². The van der Waals surface area contributed by atoms with Gasteiger partial charge in [-0.05, 0) is 46.3 Å². The van der Waals surface area contributed by atoms with Crippen molar-refractivity contribution in [2.45, 2.75) is 44.8 Å². The molecule has 0 saturated carbocycles. The van der Waals surface area contributed by atoms with Crippen molar-refractivity contribution in [1.29, 1.82) is 0 Å². The van der Waals surface area contributed by atoms with Gasteiger partial charge in [0.05, 0.1) is 6.04 Å². The molecule has 2 atom stereocenters. The van der Waals surface area contributed by atoms with Crippen LogP contribution in [0.4, 0.5) is 4.79 Å². The molecule has 4 nitrogen and oxygen atoms in total. The van der Waals surface area contributed by atoms with Gasteiger partial charge in [-0.3, -0.25) is 0 Å². The lowest BCUT2D eigenvalue weighted by atomic mass is 9.99. The molecule has 4 heteroatoms. The summed E-state index contributed by atoms with van der Waals surface area (Å²) >= 11 is 0. The Morgan fingerprint density at radius 3 is 2.57 bits per heavy atom. The van der Waals surface area contributed by atoms with Gasteiger partial charge in [-0.2, -0.15) is 0 Å². The lowest BCUT2D eigenvalue weighted by Gasteiger charge is -2.32. The molecule has 1 aromatic rings. The highest BCUT2D eigenvalue weighted by Gasteiger charge is 2.38. The second-order valence-electron chi connectivity index (χ2n) is 6.37. The minimum Gasteiger partial charge on any atom is -0.336 e. The Labute approximate surface area is 128 Å². The highest BCUT2D eigenvalue weighted by molar-refractivity contribution is 5.75. The molecular formula is C17H27N3O. The Bertz CT molecular complexity index is 458. The van der Waals surface area contributed by atoms with E-state index in [4.69, 9.17) is 0 Å². The highest BCUT2D eigenvalue weighted by atomic mass is 16.2. The molecule has 1 saturated heterocycles. The first kappa shape index (κ1) is 15.8. The van der Waals surface area contributed by atoms with Crippen LogP contribution in [-0.4, -0.2) is 54.6 Å². The number of hydrogen-bond donors (Lipinski definition) is 1. The van der Waals surface area contributed by atoms with Crippen molar-refractivity contribution in [2.24, 2.45) is 0 Å². The third-order valence-corrected chi connectivity index (χ3v) is 4.13. The van der Waals surface area contributed by atoms with Crippen LogP contribution in [-0.2, 0) is 6.42 Å². The zero-order valence-electron chi connectivity index (χ0n) is 13.5. The van der Waals surface area contributed by atoms with Gasteiger partial charge in [-0.15, -0.1) is 0 Å². The lowest BCUT2D eigenvalue weighted by Crippen LogP contribution is -2.50. The third kappa shape index (κ3) is 3.97. The summed E-state index contributed by atoms with van der Waals surface area (Å²) in [4.78, 5) is 16.7. The molecule has 0 aromatic heterocycles. The zero-order valence-corrected chi connectivity index (χ0v) is 13.5. The topological polar surface area (TPSA) is 35.6 Å². The van der Waals surface area contributed by atoms with Crippen molar-refractivity contribution in [3.8, 4) is 0 Å². The first-order chi connectivity index (χ1) is 9.99. The Kier molecular flexibility index (Phi) is 5.23. The van der Waals surface area contributed by atoms with E-state index in [0.717, 1.165) is 19.4 Å². The van der Waals surface area contributed by atoms with Crippen molar-refractivity contribution in [3.05, 3.63) is 35.9 Å². The number of carbonyl (C=O) groups excluding carboxylic acids is 1. The number of likely N-dealkylation sites (tertiary alicyclic amines) is 1. The second kappa shape index (κ2) is 6.94. The van der Waals surface area contributed by atoms with Gasteiger partial charge in [-0.25, -0.2) is 4.79 Å². The van der Waals surface area contributed by atoms with Crippen LogP contribution in [0.3, 0.4) is 0 Å². The largest absolute Gasteiger partial charge is 0.336 e. The van der Waals surface area contributed by atoms with Crippen LogP contribution in [0.1, 0.15) is 25.8 Å². The number of hydrogen-bond acceptors (Lipinski definition) is 2. The number of likely N-dealkylation sites (N-methyl/N-ethyl adjacent to an activating group) is 1. The Hall–Kier alpha value is -1.55. The minimum atomic E-state index is 0.0651. The van der Waals surface area contributed by atoms with Crippen molar-refractivity contribution in [1.82, 2.24) is 15.1 Å². The van der Waals surface area contributed by atoms with Gasteiger partial charge in [0.15, 0.2) is 0 Å². The summed E-state index contributed by atoms with van der Waals surface area (Å²) in [5.74, 6) is 0. The molecule has 0 radical (unpaired) electrons. The quantitative estimate of drug-likeness (QED) is 0.923. The van der Waals surface area contributed by atoms with Crippen LogP contribution in [0, 0.1) is 0 Å². The van der Waals surface area contributed by atoms with E-state index >= 15 is 0 Å². The van der Waals surface area contributed by atoms with Gasteiger partial charge in [-0.1, -0.05) is 30.3 Å². The van der Waals surface area contributed by atoms with E-state index in [0.29, 0.717) is 6.04 Å². The fourth-order valence-corrected chi connectivity index (χ4v) is 3.12. The Balaban J connectivity index is 2.14. The Morgan fingerprint density at radius 1 is 1.33 bits per heavy atom. The summed E-state index contributed by atoms with van der Waals surface area (Å²) in [6.07, 6.45) is 1.95. The normalized spacial score (nSPS) is 22.1. The maximum atomic E-state index is 12.4. The predicted octanol–water partition coefficient (Wildman–Crippen LogP) is 2.35. The summed E-state index contributed by atoms with van der Waals surface area (Å²) < 4.78 is 0. The molecule has 1 aromatic carbocycles. The van der Waals surface area contributed by atoms with Crippen LogP contribution in [0.5, 0.6) is 0 Å². The third-order valence-electron chi connectivity index (χ3n) is 4.13. The van der Waals surface area contributed by atoms with E-state index in [1.165, 1.54) is 5.56 Å². The Morgan fingerprint density at radius 2 is 2.00 bits per heavy atom. The number of benzene rings is 1. The molecule has 1 aliphatic heterocycles. The van der Waals surface area contributed by atoms with E-state index in [1.807, 2.05) is 24.8 Å². The molecule has 0 aliphatic carbocycles. The zero-order chi connectivity index (χ0) is 15.4. The first-order valence-electron chi connectivity index (χ1n) is 7.76. The molecule has 1 fully saturated rings. The maximum absolute atomic E-state index is 12.4. The van der Waals surface area contributed by atoms with Gasteiger partial charge in [0.1, 0.15) is 0 Å². The monoisotopic (exact) mass is 289 g/mol. The summed E-state index contributed by atoms with van der Waals surface area (Å²) in [6, 6.07) is 11.3. The van der Waals surface area contributed by atoms with E-state index in [2.05, 4.69) is 48.6 Å². The van der Waals surface area contributed by atoms with Crippen molar-refractivity contribution >= 4 is 6.03 Å². The lowest BCUT2D eigenvalue weighted by molar-refractivity contribution is 0.169. The fraction of sp³-hybridized carbons (Fsp3) is 0.588. The molecule has 1 heterocycles. The van der Waals surface area contributed by atoms with Crippen LogP contribution in [0.25, 0.3) is 0 Å². The molecule has 2 rings (SSSR count). The SMILES string of the molecule is CC(C)NC(=O)N1CC[C@@H](N(C)C)[C@@H]1Cc1ccccc1. The minimum absolute atomic E-state index is 0.0651. The van der Waals surface area contributed by atoms with Crippen LogP contribution >= 0.6 is 0 Å². The molecule has 1 N–H and O–H groups in total. The van der Waals surface area contributed by atoms with Gasteiger partial charge < -0.3 is 15.1 Å². The van der Waals surface area contributed by atoms with Crippen LogP contribution < -0.4 is 5.32 Å².